The molecule has 0 bridgehead atoms. The highest BCUT2D eigenvalue weighted by Gasteiger charge is 2.05. The lowest BCUT2D eigenvalue weighted by Crippen LogP contribution is -2.19. The first kappa shape index (κ1) is 27.3. The zero-order valence-electron chi connectivity index (χ0n) is 17.7. The third-order valence-corrected chi connectivity index (χ3v) is 2.83. The van der Waals surface area contributed by atoms with Crippen LogP contribution in [-0.2, 0) is 7.05 Å². The molecule has 0 spiro atoms. The standard InChI is InChI=1S/C16H19NO2.C4H7F.C4H8/c1-4-6-7-8-9-10-13-19-15-11-12-17(3)16(18)14(15)5-2;1-2-3-4-5;1-4(2)3/h4-9,11-12H,1-2,10,13H2,3H3;2-3H,4H2,1H3;1H2,2-3H3/b7-6-,9-8-;3-2-;. The minimum absolute atomic E-state index is 0.100. The van der Waals surface area contributed by atoms with Gasteiger partial charge in [-0.15, -0.1) is 6.58 Å². The van der Waals surface area contributed by atoms with Crippen LogP contribution in [0.25, 0.3) is 6.08 Å². The second-order valence-corrected chi connectivity index (χ2v) is 5.83. The van der Waals surface area contributed by atoms with E-state index in [1.54, 1.807) is 38.4 Å². The number of allylic oxidation sites excluding steroid dienone is 7. The van der Waals surface area contributed by atoms with Crippen LogP contribution in [0.3, 0.4) is 0 Å². The van der Waals surface area contributed by atoms with Crippen molar-refractivity contribution in [3.63, 3.8) is 0 Å². The van der Waals surface area contributed by atoms with Crippen LogP contribution in [0.4, 0.5) is 4.39 Å². The number of ether oxygens (including phenoxy) is 1. The Bertz CT molecular complexity index is 721. The Morgan fingerprint density at radius 2 is 1.86 bits per heavy atom. The largest absolute Gasteiger partial charge is 0.492 e. The third-order valence-electron chi connectivity index (χ3n) is 2.83. The van der Waals surface area contributed by atoms with E-state index < -0.39 is 0 Å². The van der Waals surface area contributed by atoms with Crippen molar-refractivity contribution in [2.24, 2.45) is 7.05 Å². The van der Waals surface area contributed by atoms with Gasteiger partial charge in [-0.25, -0.2) is 4.39 Å². The number of nitrogens with zero attached hydrogens (tertiary/aromatic N) is 1. The van der Waals surface area contributed by atoms with Gasteiger partial charge in [0.05, 0.1) is 12.2 Å². The van der Waals surface area contributed by atoms with Crippen LogP contribution in [-0.4, -0.2) is 17.8 Å². The lowest BCUT2D eigenvalue weighted by Gasteiger charge is -2.08. The highest BCUT2D eigenvalue weighted by molar-refractivity contribution is 5.54. The van der Waals surface area contributed by atoms with E-state index in [0.717, 1.165) is 6.42 Å². The van der Waals surface area contributed by atoms with E-state index in [9.17, 15) is 9.18 Å². The number of halogens is 1. The Kier molecular flexibility index (Phi) is 18.5. The predicted octanol–water partition coefficient (Wildman–Crippen LogP) is 6.21. The van der Waals surface area contributed by atoms with Crippen molar-refractivity contribution in [3.05, 3.63) is 96.0 Å². The number of pyridine rings is 1. The van der Waals surface area contributed by atoms with Gasteiger partial charge in [0, 0.05) is 13.2 Å². The minimum atomic E-state index is -0.337. The normalized spacial score (nSPS) is 10.2. The summed E-state index contributed by atoms with van der Waals surface area (Å²) in [7, 11) is 1.70. The third kappa shape index (κ3) is 15.4. The molecule has 0 N–H and O–H groups in total. The van der Waals surface area contributed by atoms with Crippen LogP contribution in [0.5, 0.6) is 5.75 Å². The summed E-state index contributed by atoms with van der Waals surface area (Å²) in [5.41, 5.74) is 1.57. The maximum Gasteiger partial charge on any atom is 0.261 e. The van der Waals surface area contributed by atoms with Gasteiger partial charge in [0.15, 0.2) is 0 Å². The molecule has 0 radical (unpaired) electrons. The van der Waals surface area contributed by atoms with Crippen molar-refractivity contribution in [2.75, 3.05) is 13.3 Å². The Morgan fingerprint density at radius 1 is 1.21 bits per heavy atom. The quantitative estimate of drug-likeness (QED) is 0.302. The zero-order valence-corrected chi connectivity index (χ0v) is 17.7. The molecule has 0 aromatic carbocycles. The highest BCUT2D eigenvalue weighted by atomic mass is 19.1. The van der Waals surface area contributed by atoms with Crippen LogP contribution in [0.1, 0.15) is 32.8 Å². The first-order valence-electron chi connectivity index (χ1n) is 9.03. The summed E-state index contributed by atoms with van der Waals surface area (Å²) in [6.07, 6.45) is 16.5. The molecule has 0 atom stereocenters. The van der Waals surface area contributed by atoms with Gasteiger partial charge in [-0.1, -0.05) is 67.3 Å². The maximum atomic E-state index is 11.8. The maximum absolute atomic E-state index is 11.8. The molecule has 0 aliphatic heterocycles. The second kappa shape index (κ2) is 18.9. The van der Waals surface area contributed by atoms with Crippen molar-refractivity contribution in [1.82, 2.24) is 4.57 Å². The Labute approximate surface area is 169 Å². The second-order valence-electron chi connectivity index (χ2n) is 5.83. The molecule has 1 aromatic rings. The van der Waals surface area contributed by atoms with Crippen molar-refractivity contribution in [1.29, 1.82) is 0 Å². The van der Waals surface area contributed by atoms with Gasteiger partial charge in [0.25, 0.3) is 5.56 Å². The van der Waals surface area contributed by atoms with E-state index in [4.69, 9.17) is 4.74 Å². The molecule has 4 heteroatoms. The molecule has 1 aromatic heterocycles. The average Bonchev–Trinajstić information content (AvgIpc) is 2.64. The summed E-state index contributed by atoms with van der Waals surface area (Å²) < 4.78 is 18.0. The Morgan fingerprint density at radius 3 is 2.32 bits per heavy atom. The smallest absolute Gasteiger partial charge is 0.261 e. The SMILES string of the molecule is C/C=C\CF.C=C(C)C.C=C/C=C\C=C/CCOc1ccn(C)c(=O)c1C=C. The summed E-state index contributed by atoms with van der Waals surface area (Å²) in [5, 5.41) is 0. The fraction of sp³-hybridized carbons (Fsp3) is 0.292. The Hall–Kier alpha value is -2.88. The van der Waals surface area contributed by atoms with E-state index in [1.165, 1.54) is 22.3 Å². The molecule has 1 heterocycles. The van der Waals surface area contributed by atoms with Gasteiger partial charge in [-0.2, -0.15) is 0 Å². The van der Waals surface area contributed by atoms with E-state index >= 15 is 0 Å². The molecule has 28 heavy (non-hydrogen) atoms. The van der Waals surface area contributed by atoms with Gasteiger partial charge in [0.1, 0.15) is 12.4 Å². The van der Waals surface area contributed by atoms with Crippen molar-refractivity contribution >= 4 is 6.08 Å². The van der Waals surface area contributed by atoms with Crippen molar-refractivity contribution in [2.45, 2.75) is 27.2 Å². The predicted molar refractivity (Wildman–Crippen MR) is 122 cm³/mol. The molecule has 0 saturated carbocycles. The molecular formula is C24H34FNO2. The van der Waals surface area contributed by atoms with Crippen molar-refractivity contribution < 1.29 is 9.13 Å². The molecule has 0 aliphatic carbocycles. The number of hydrogen-bond acceptors (Lipinski definition) is 2. The minimum Gasteiger partial charge on any atom is -0.492 e. The number of aromatic nitrogens is 1. The number of alkyl halides is 1. The molecule has 3 nitrogen and oxygen atoms in total. The molecular weight excluding hydrogens is 353 g/mol. The number of aryl methyl sites for hydroxylation is 1. The fourth-order valence-electron chi connectivity index (χ4n) is 1.59. The summed E-state index contributed by atoms with van der Waals surface area (Å²) in [4.78, 5) is 11.8. The van der Waals surface area contributed by atoms with Crippen LogP contribution in [0.2, 0.25) is 0 Å². The molecule has 0 amide bonds. The Balaban J connectivity index is 0. The summed E-state index contributed by atoms with van der Waals surface area (Å²) in [5.74, 6) is 0.577. The molecule has 0 aliphatic rings. The molecule has 0 fully saturated rings. The van der Waals surface area contributed by atoms with Gasteiger partial charge in [-0.3, -0.25) is 4.79 Å². The van der Waals surface area contributed by atoms with Crippen LogP contribution in [0, 0.1) is 0 Å². The van der Waals surface area contributed by atoms with Crippen LogP contribution < -0.4 is 10.3 Å². The van der Waals surface area contributed by atoms with E-state index in [0.29, 0.717) is 17.9 Å². The monoisotopic (exact) mass is 387 g/mol. The summed E-state index contributed by atoms with van der Waals surface area (Å²) in [6.45, 7) is 16.7. The molecule has 1 rings (SSSR count). The summed E-state index contributed by atoms with van der Waals surface area (Å²) >= 11 is 0. The van der Waals surface area contributed by atoms with Gasteiger partial charge < -0.3 is 9.30 Å². The van der Waals surface area contributed by atoms with Crippen molar-refractivity contribution in [3.8, 4) is 5.75 Å². The van der Waals surface area contributed by atoms with E-state index in [2.05, 4.69) is 19.7 Å². The van der Waals surface area contributed by atoms with E-state index in [-0.39, 0.29) is 12.2 Å². The first-order valence-corrected chi connectivity index (χ1v) is 9.03. The lowest BCUT2D eigenvalue weighted by molar-refractivity contribution is 0.323. The first-order chi connectivity index (χ1) is 13.3. The average molecular weight is 388 g/mol. The topological polar surface area (TPSA) is 31.2 Å². The van der Waals surface area contributed by atoms with Crippen LogP contribution in [0.15, 0.2) is 84.9 Å². The fourth-order valence-corrected chi connectivity index (χ4v) is 1.59. The van der Waals surface area contributed by atoms with Gasteiger partial charge in [0.2, 0.25) is 0 Å². The number of rotatable bonds is 8. The molecule has 0 unspecified atom stereocenters. The van der Waals surface area contributed by atoms with Crippen LogP contribution >= 0.6 is 0 Å². The van der Waals surface area contributed by atoms with Gasteiger partial charge in [-0.05, 0) is 33.3 Å². The highest BCUT2D eigenvalue weighted by Crippen LogP contribution is 2.15. The van der Waals surface area contributed by atoms with E-state index in [1.807, 2.05) is 38.2 Å². The summed E-state index contributed by atoms with van der Waals surface area (Å²) in [6, 6.07) is 1.78. The lowest BCUT2D eigenvalue weighted by atomic mass is 10.2. The molecule has 154 valence electrons. The zero-order chi connectivity index (χ0) is 21.8. The number of hydrogen-bond donors (Lipinski definition) is 0. The molecule has 0 saturated heterocycles. The van der Waals surface area contributed by atoms with Gasteiger partial charge >= 0.3 is 0 Å².